The topological polar surface area (TPSA) is 52.1 Å². The molecule has 0 aromatic carbocycles. The Hall–Kier alpha value is 1.08. The van der Waals surface area contributed by atoms with Crippen molar-refractivity contribution in [2.45, 2.75) is 0 Å². The molecular formula is H6AsMgNO. The molecule has 4 heteroatoms. The summed E-state index contributed by atoms with van der Waals surface area (Å²) in [6.45, 7) is 0. The van der Waals surface area contributed by atoms with E-state index < -0.39 is 0 Å². The fraction of sp³-hybridized carbons (Fsp3) is 0. The Morgan fingerprint density at radius 3 is 1.50 bits per heavy atom. The second kappa shape index (κ2) is 33.0. The summed E-state index contributed by atoms with van der Waals surface area (Å²) in [5, 5.41) is 0. The summed E-state index contributed by atoms with van der Waals surface area (Å²) in [7, 11) is 0. The van der Waals surface area contributed by atoms with Crippen LogP contribution >= 0.6 is 0 Å². The van der Waals surface area contributed by atoms with Gasteiger partial charge in [-0.1, -0.05) is 0 Å². The molecule has 0 aliphatic carbocycles. The van der Waals surface area contributed by atoms with Crippen molar-refractivity contribution in [3.63, 3.8) is 0 Å². The van der Waals surface area contributed by atoms with Gasteiger partial charge < -0.3 is 9.00 Å². The molecular weight excluding hydrogens is 129 g/mol. The first kappa shape index (κ1) is 19.5. The minimum absolute atomic E-state index is 0. The zero-order chi connectivity index (χ0) is 2.00. The van der Waals surface area contributed by atoms with Gasteiger partial charge in [-0.25, -0.2) is 0 Å². The van der Waals surface area contributed by atoms with Gasteiger partial charge in [-0.2, -0.15) is 0 Å². The van der Waals surface area contributed by atoms with Crippen molar-refractivity contribution in [3.05, 3.63) is 0 Å². The Kier molecular flexibility index (Phi) is 161. The molecule has 4 heavy (non-hydrogen) atoms. The van der Waals surface area contributed by atoms with Gasteiger partial charge in [-0.3, -0.25) is 0 Å². The molecule has 0 fully saturated rings. The summed E-state index contributed by atoms with van der Waals surface area (Å²) in [4.78, 5) is 0. The van der Waals surface area contributed by atoms with Crippen LogP contribution in [0.5, 0.6) is 0 Å². The maximum absolute atomic E-state index is 8.25. The van der Waals surface area contributed by atoms with E-state index in [-0.39, 0.29) is 32.1 Å². The predicted octanol–water partition coefficient (Wildman–Crippen LogP) is -0.761. The van der Waals surface area contributed by atoms with Crippen LogP contribution in [-0.2, 0) is 3.74 Å². The quantitative estimate of drug-likeness (QED) is 0.444. The normalized spacial score (nSPS) is 1.00. The van der Waals surface area contributed by atoms with Crippen LogP contribution in [-0.4, -0.2) is 39.8 Å². The zero-order valence-corrected chi connectivity index (χ0v) is 5.83. The Morgan fingerprint density at radius 2 is 1.50 bits per heavy atom. The zero-order valence-electron chi connectivity index (χ0n) is 4.32. The molecule has 0 heterocycles. The average molecular weight is 135 g/mol. The molecule has 0 aromatic heterocycles. The third-order valence-corrected chi connectivity index (χ3v) is 0. The summed E-state index contributed by atoms with van der Waals surface area (Å²) in [6.07, 6.45) is 0. The SMILES string of the molecule is N.O=[AsH].[H-].[H-].[Mg+2]. The van der Waals surface area contributed by atoms with E-state index in [2.05, 4.69) is 0 Å². The van der Waals surface area contributed by atoms with Crippen LogP contribution in [0.25, 0.3) is 0 Å². The second-order valence-corrected chi connectivity index (χ2v) is 0. The van der Waals surface area contributed by atoms with Crippen molar-refractivity contribution >= 4 is 39.8 Å². The first-order chi connectivity index (χ1) is 1.00. The van der Waals surface area contributed by atoms with Crippen molar-refractivity contribution in [3.8, 4) is 0 Å². The van der Waals surface area contributed by atoms with Gasteiger partial charge in [0.1, 0.15) is 0 Å². The van der Waals surface area contributed by atoms with Gasteiger partial charge in [0.25, 0.3) is 0 Å². The molecule has 2 nitrogen and oxygen atoms in total. The van der Waals surface area contributed by atoms with Crippen LogP contribution in [0.1, 0.15) is 2.85 Å². The van der Waals surface area contributed by atoms with Crippen molar-refractivity contribution < 1.29 is 6.59 Å². The van der Waals surface area contributed by atoms with E-state index >= 15 is 0 Å². The van der Waals surface area contributed by atoms with Crippen molar-refractivity contribution in [1.82, 2.24) is 6.15 Å². The summed E-state index contributed by atoms with van der Waals surface area (Å²) in [5.74, 6) is 0. The molecule has 0 aromatic rings. The van der Waals surface area contributed by atoms with Gasteiger partial charge in [0.05, 0.1) is 0 Å². The molecule has 0 atom stereocenters. The Morgan fingerprint density at radius 1 is 1.50 bits per heavy atom. The van der Waals surface area contributed by atoms with Gasteiger partial charge in [0, 0.05) is 0 Å². The van der Waals surface area contributed by atoms with Gasteiger partial charge in [-0.05, 0) is 0 Å². The molecule has 0 aliphatic rings. The molecule has 24 valence electrons. The van der Waals surface area contributed by atoms with Crippen LogP contribution in [0.3, 0.4) is 0 Å². The molecule has 0 unspecified atom stereocenters. The van der Waals surface area contributed by atoms with Crippen LogP contribution in [0.2, 0.25) is 0 Å². The van der Waals surface area contributed by atoms with E-state index in [1.54, 1.807) is 0 Å². The van der Waals surface area contributed by atoms with Gasteiger partial charge in [-0.15, -0.1) is 0 Å². The van der Waals surface area contributed by atoms with Gasteiger partial charge in [0.2, 0.25) is 0 Å². The minimum Gasteiger partial charge on any atom is -1.00 e. The van der Waals surface area contributed by atoms with Gasteiger partial charge in [0.15, 0.2) is 0 Å². The summed E-state index contributed by atoms with van der Waals surface area (Å²) < 4.78 is 8.25. The van der Waals surface area contributed by atoms with E-state index in [1.807, 2.05) is 0 Å². The Balaban J connectivity index is -0.000000000833. The first-order valence-electron chi connectivity index (χ1n) is 0.204. The third-order valence-electron chi connectivity index (χ3n) is 0. The van der Waals surface area contributed by atoms with E-state index in [9.17, 15) is 0 Å². The first-order valence-corrected chi connectivity index (χ1v) is 1.06. The van der Waals surface area contributed by atoms with Crippen molar-refractivity contribution in [1.29, 1.82) is 0 Å². The fourth-order valence-electron chi connectivity index (χ4n) is 0. The summed E-state index contributed by atoms with van der Waals surface area (Å²) in [6, 6.07) is 0. The predicted molar refractivity (Wildman–Crippen MR) is 20.8 cm³/mol. The maximum Gasteiger partial charge on any atom is 2.00 e. The van der Waals surface area contributed by atoms with Crippen molar-refractivity contribution in [2.75, 3.05) is 0 Å². The summed E-state index contributed by atoms with van der Waals surface area (Å²) >= 11 is 0.750. The molecule has 0 aliphatic heterocycles. The smallest absolute Gasteiger partial charge is 1.00 e. The largest absolute Gasteiger partial charge is 2.00 e. The maximum atomic E-state index is 8.25. The van der Waals surface area contributed by atoms with E-state index in [4.69, 9.17) is 3.74 Å². The molecule has 0 saturated heterocycles. The molecule has 0 spiro atoms. The molecule has 3 N–H and O–H groups in total. The molecule has 0 saturated carbocycles. The van der Waals surface area contributed by atoms with Gasteiger partial charge >= 0.3 is 43.6 Å². The van der Waals surface area contributed by atoms with E-state index in [0.29, 0.717) is 0 Å². The standard InChI is InChI=1S/AsHO.Mg.H3N.2H/c1-2;;;;/h1H;;1H3;;/q;+2;;2*-1. The monoisotopic (exact) mass is 135 g/mol. The molecule has 0 rings (SSSR count). The number of rotatable bonds is 0. The van der Waals surface area contributed by atoms with Crippen LogP contribution in [0.4, 0.5) is 0 Å². The Labute approximate surface area is 52.8 Å². The van der Waals surface area contributed by atoms with E-state index in [0.717, 1.165) is 16.8 Å². The fourth-order valence-corrected chi connectivity index (χ4v) is 0. The summed E-state index contributed by atoms with van der Waals surface area (Å²) in [5.41, 5.74) is 0. The van der Waals surface area contributed by atoms with Crippen LogP contribution in [0, 0.1) is 0 Å². The molecule has 0 amide bonds. The second-order valence-electron chi connectivity index (χ2n) is 0. The average Bonchev–Trinajstić information content (AvgIpc) is 1.00. The van der Waals surface area contributed by atoms with Crippen LogP contribution in [0.15, 0.2) is 0 Å². The van der Waals surface area contributed by atoms with Crippen molar-refractivity contribution in [2.24, 2.45) is 0 Å². The molecule has 0 radical (unpaired) electrons. The number of hydrogen-bond donors (Lipinski definition) is 1. The third kappa shape index (κ3) is 11.4. The van der Waals surface area contributed by atoms with E-state index in [1.165, 1.54) is 0 Å². The Bertz CT molecular complexity index is 13.5. The minimum atomic E-state index is 0. The molecule has 0 bridgehead atoms. The number of hydrogen-bond acceptors (Lipinski definition) is 2. The van der Waals surface area contributed by atoms with Crippen LogP contribution < -0.4 is 6.15 Å².